The molecule has 0 saturated carbocycles. The van der Waals surface area contributed by atoms with Crippen molar-refractivity contribution in [3.8, 4) is 5.75 Å². The standard InChI is InChI=1S/C10H10F2O/c11-10(12)5-7-6-13-9-4-2-1-3-8(7)9/h1-4,7,10H,5-6H2. The molecule has 70 valence electrons. The highest BCUT2D eigenvalue weighted by Gasteiger charge is 2.26. The molecule has 1 unspecified atom stereocenters. The van der Waals surface area contributed by atoms with Crippen molar-refractivity contribution in [2.75, 3.05) is 6.61 Å². The zero-order valence-electron chi connectivity index (χ0n) is 7.04. The third-order valence-corrected chi connectivity index (χ3v) is 2.26. The molecule has 1 aliphatic rings. The minimum absolute atomic E-state index is 0.100. The van der Waals surface area contributed by atoms with E-state index in [1.165, 1.54) is 0 Å². The fourth-order valence-electron chi connectivity index (χ4n) is 1.64. The fourth-order valence-corrected chi connectivity index (χ4v) is 1.64. The molecule has 3 heteroatoms. The molecule has 1 heterocycles. The van der Waals surface area contributed by atoms with Crippen molar-refractivity contribution >= 4 is 0 Å². The molecule has 1 aliphatic heterocycles. The van der Waals surface area contributed by atoms with Gasteiger partial charge in [-0.05, 0) is 6.07 Å². The molecule has 2 rings (SSSR count). The van der Waals surface area contributed by atoms with Crippen LogP contribution in [0.2, 0.25) is 0 Å². The summed E-state index contributed by atoms with van der Waals surface area (Å²) in [6.07, 6.45) is -2.35. The molecule has 13 heavy (non-hydrogen) atoms. The third-order valence-electron chi connectivity index (χ3n) is 2.26. The zero-order valence-corrected chi connectivity index (χ0v) is 7.04. The molecule has 1 aromatic carbocycles. The number of fused-ring (bicyclic) bond motifs is 1. The summed E-state index contributed by atoms with van der Waals surface area (Å²) in [6.45, 7) is 0.393. The molecule has 1 atom stereocenters. The first-order valence-electron chi connectivity index (χ1n) is 4.27. The van der Waals surface area contributed by atoms with Gasteiger partial charge in [0.15, 0.2) is 0 Å². The smallest absolute Gasteiger partial charge is 0.239 e. The van der Waals surface area contributed by atoms with Gasteiger partial charge in [0, 0.05) is 17.9 Å². The highest BCUT2D eigenvalue weighted by atomic mass is 19.3. The van der Waals surface area contributed by atoms with Gasteiger partial charge in [0.05, 0.1) is 6.61 Å². The number of hydrogen-bond acceptors (Lipinski definition) is 1. The van der Waals surface area contributed by atoms with Crippen molar-refractivity contribution in [2.24, 2.45) is 0 Å². The van der Waals surface area contributed by atoms with E-state index in [0.29, 0.717) is 6.61 Å². The number of hydrogen-bond donors (Lipinski definition) is 0. The number of benzene rings is 1. The van der Waals surface area contributed by atoms with Crippen molar-refractivity contribution in [1.82, 2.24) is 0 Å². The molecule has 0 amide bonds. The summed E-state index contributed by atoms with van der Waals surface area (Å²) >= 11 is 0. The van der Waals surface area contributed by atoms with Crippen LogP contribution in [0.15, 0.2) is 24.3 Å². The maximum atomic E-state index is 12.1. The first-order chi connectivity index (χ1) is 6.27. The van der Waals surface area contributed by atoms with E-state index in [-0.39, 0.29) is 12.3 Å². The molecule has 0 saturated heterocycles. The molecule has 1 aromatic rings. The van der Waals surface area contributed by atoms with E-state index < -0.39 is 6.43 Å². The zero-order chi connectivity index (χ0) is 9.26. The average molecular weight is 184 g/mol. The van der Waals surface area contributed by atoms with Gasteiger partial charge in [0.2, 0.25) is 6.43 Å². The Morgan fingerprint density at radius 3 is 2.92 bits per heavy atom. The molecule has 0 aromatic heterocycles. The van der Waals surface area contributed by atoms with Gasteiger partial charge < -0.3 is 4.74 Å². The summed E-state index contributed by atoms with van der Waals surface area (Å²) < 4.78 is 29.5. The molecule has 0 N–H and O–H groups in total. The summed E-state index contributed by atoms with van der Waals surface area (Å²) in [6, 6.07) is 7.38. The summed E-state index contributed by atoms with van der Waals surface area (Å²) in [4.78, 5) is 0. The van der Waals surface area contributed by atoms with Gasteiger partial charge in [-0.25, -0.2) is 8.78 Å². The number of halogens is 2. The van der Waals surface area contributed by atoms with Crippen molar-refractivity contribution in [3.05, 3.63) is 29.8 Å². The Morgan fingerprint density at radius 1 is 1.38 bits per heavy atom. The van der Waals surface area contributed by atoms with Crippen LogP contribution in [-0.4, -0.2) is 13.0 Å². The van der Waals surface area contributed by atoms with Crippen LogP contribution >= 0.6 is 0 Å². The van der Waals surface area contributed by atoms with Gasteiger partial charge in [0.1, 0.15) is 5.75 Å². The van der Waals surface area contributed by atoms with Crippen molar-refractivity contribution in [2.45, 2.75) is 18.8 Å². The van der Waals surface area contributed by atoms with E-state index in [1.807, 2.05) is 24.3 Å². The monoisotopic (exact) mass is 184 g/mol. The minimum Gasteiger partial charge on any atom is -0.493 e. The van der Waals surface area contributed by atoms with E-state index in [0.717, 1.165) is 11.3 Å². The van der Waals surface area contributed by atoms with Crippen LogP contribution in [0.3, 0.4) is 0 Å². The molecular weight excluding hydrogens is 174 g/mol. The Bertz CT molecular complexity index is 299. The lowest BCUT2D eigenvalue weighted by Gasteiger charge is -2.06. The minimum atomic E-state index is -2.25. The molecule has 0 fully saturated rings. The highest BCUT2D eigenvalue weighted by Crippen LogP contribution is 2.36. The summed E-state index contributed by atoms with van der Waals surface area (Å²) in [7, 11) is 0. The van der Waals surface area contributed by atoms with Crippen LogP contribution in [0.4, 0.5) is 8.78 Å². The average Bonchev–Trinajstić information content (AvgIpc) is 2.48. The number of rotatable bonds is 2. The predicted octanol–water partition coefficient (Wildman–Crippen LogP) is 2.82. The van der Waals surface area contributed by atoms with Gasteiger partial charge in [-0.2, -0.15) is 0 Å². The number of para-hydroxylation sites is 1. The lowest BCUT2D eigenvalue weighted by Crippen LogP contribution is -2.05. The Balaban J connectivity index is 2.18. The van der Waals surface area contributed by atoms with E-state index in [1.54, 1.807) is 0 Å². The second kappa shape index (κ2) is 3.32. The fraction of sp³-hybridized carbons (Fsp3) is 0.400. The van der Waals surface area contributed by atoms with Gasteiger partial charge in [0.25, 0.3) is 0 Å². The SMILES string of the molecule is FC(F)CC1COc2ccccc21. The largest absolute Gasteiger partial charge is 0.493 e. The molecule has 0 bridgehead atoms. The molecule has 1 nitrogen and oxygen atoms in total. The normalized spacial score (nSPS) is 20.1. The van der Waals surface area contributed by atoms with E-state index in [2.05, 4.69) is 0 Å². The number of ether oxygens (including phenoxy) is 1. The van der Waals surface area contributed by atoms with Crippen molar-refractivity contribution < 1.29 is 13.5 Å². The lowest BCUT2D eigenvalue weighted by atomic mass is 9.98. The molecule has 0 spiro atoms. The van der Waals surface area contributed by atoms with Crippen LogP contribution in [-0.2, 0) is 0 Å². The van der Waals surface area contributed by atoms with E-state index in [4.69, 9.17) is 4.74 Å². The molecule has 0 aliphatic carbocycles. The first-order valence-corrected chi connectivity index (χ1v) is 4.27. The Hall–Kier alpha value is -1.12. The predicted molar refractivity (Wildman–Crippen MR) is 45.3 cm³/mol. The Labute approximate surface area is 75.3 Å². The Kier molecular flexibility index (Phi) is 2.17. The van der Waals surface area contributed by atoms with Crippen molar-refractivity contribution in [1.29, 1.82) is 0 Å². The molecule has 0 radical (unpaired) electrons. The third kappa shape index (κ3) is 1.64. The van der Waals surface area contributed by atoms with Crippen LogP contribution in [0, 0.1) is 0 Å². The summed E-state index contributed by atoms with van der Waals surface area (Å²) in [5, 5.41) is 0. The van der Waals surface area contributed by atoms with Gasteiger partial charge >= 0.3 is 0 Å². The van der Waals surface area contributed by atoms with Gasteiger partial charge in [-0.1, -0.05) is 18.2 Å². The second-order valence-electron chi connectivity index (χ2n) is 3.17. The summed E-state index contributed by atoms with van der Waals surface area (Å²) in [5.41, 5.74) is 0.919. The van der Waals surface area contributed by atoms with E-state index >= 15 is 0 Å². The van der Waals surface area contributed by atoms with Crippen LogP contribution in [0.1, 0.15) is 17.9 Å². The van der Waals surface area contributed by atoms with Gasteiger partial charge in [-0.15, -0.1) is 0 Å². The first kappa shape index (κ1) is 8.48. The maximum absolute atomic E-state index is 12.1. The number of alkyl halides is 2. The van der Waals surface area contributed by atoms with Gasteiger partial charge in [-0.3, -0.25) is 0 Å². The van der Waals surface area contributed by atoms with Crippen LogP contribution < -0.4 is 4.74 Å². The van der Waals surface area contributed by atoms with Crippen molar-refractivity contribution in [3.63, 3.8) is 0 Å². The summed E-state index contributed by atoms with van der Waals surface area (Å²) in [5.74, 6) is 0.629. The van der Waals surface area contributed by atoms with Crippen LogP contribution in [0.25, 0.3) is 0 Å². The molecular formula is C10H10F2O. The topological polar surface area (TPSA) is 9.23 Å². The quantitative estimate of drug-likeness (QED) is 0.686. The van der Waals surface area contributed by atoms with E-state index in [9.17, 15) is 8.78 Å². The van der Waals surface area contributed by atoms with Crippen LogP contribution in [0.5, 0.6) is 5.75 Å². The Morgan fingerprint density at radius 2 is 2.15 bits per heavy atom. The second-order valence-corrected chi connectivity index (χ2v) is 3.17. The maximum Gasteiger partial charge on any atom is 0.239 e. The lowest BCUT2D eigenvalue weighted by molar-refractivity contribution is 0.122. The highest BCUT2D eigenvalue weighted by molar-refractivity contribution is 5.39.